The highest BCUT2D eigenvalue weighted by Gasteiger charge is 2.02. The Balaban J connectivity index is 0. The summed E-state index contributed by atoms with van der Waals surface area (Å²) in [5.74, 6) is 0. The summed E-state index contributed by atoms with van der Waals surface area (Å²) in [5, 5.41) is 17.7. The van der Waals surface area contributed by atoms with Gasteiger partial charge in [0, 0.05) is 14.2 Å². The molecular weight excluding hydrogens is 236 g/mol. The maximum atomic E-state index is 9.75. The predicted molar refractivity (Wildman–Crippen MR) is 53.7 cm³/mol. The molecule has 0 bridgehead atoms. The van der Waals surface area contributed by atoms with Crippen molar-refractivity contribution < 1.29 is 38.7 Å². The zero-order valence-corrected chi connectivity index (χ0v) is 10.0. The van der Waals surface area contributed by atoms with Gasteiger partial charge >= 0.3 is 6.16 Å². The monoisotopic (exact) mass is 253 g/mol. The van der Waals surface area contributed by atoms with Crippen LogP contribution in [0.25, 0.3) is 0 Å². The second-order valence-corrected chi connectivity index (χ2v) is 2.74. The molecule has 0 heterocycles. The molecule has 0 aliphatic rings. The summed E-state index contributed by atoms with van der Waals surface area (Å²) < 4.78 is 17.3. The Bertz CT molecular complexity index is 201. The minimum absolute atomic E-state index is 0.330. The van der Waals surface area contributed by atoms with Gasteiger partial charge in [-0.2, -0.15) is 0 Å². The van der Waals surface area contributed by atoms with E-state index >= 15 is 0 Å². The minimum atomic E-state index is -1.70. The van der Waals surface area contributed by atoms with Gasteiger partial charge in [-0.15, -0.1) is 0 Å². The summed E-state index contributed by atoms with van der Waals surface area (Å²) in [6, 6.07) is 0. The molecule has 0 amide bonds. The molecular formula is C9H17O8-. The van der Waals surface area contributed by atoms with Gasteiger partial charge in [0.2, 0.25) is 0 Å². The third-order valence-corrected chi connectivity index (χ3v) is 1.23. The van der Waals surface area contributed by atoms with Crippen molar-refractivity contribution >= 4 is 12.3 Å². The van der Waals surface area contributed by atoms with Gasteiger partial charge in [0.1, 0.15) is 6.61 Å². The lowest BCUT2D eigenvalue weighted by atomic mass is 10.4. The van der Waals surface area contributed by atoms with Crippen molar-refractivity contribution in [3.05, 3.63) is 0 Å². The maximum absolute atomic E-state index is 9.75. The highest BCUT2D eigenvalue weighted by Crippen LogP contribution is 1.91. The zero-order chi connectivity index (χ0) is 13.7. The molecule has 8 heteroatoms. The average molecular weight is 253 g/mol. The molecule has 0 aliphatic carbocycles. The molecule has 0 aromatic carbocycles. The van der Waals surface area contributed by atoms with E-state index in [2.05, 4.69) is 18.9 Å². The summed E-state index contributed by atoms with van der Waals surface area (Å²) in [6.45, 7) is 2.40. The van der Waals surface area contributed by atoms with Gasteiger partial charge in [-0.3, -0.25) is 0 Å². The van der Waals surface area contributed by atoms with E-state index in [0.29, 0.717) is 13.2 Å². The quantitative estimate of drug-likeness (QED) is 0.507. The van der Waals surface area contributed by atoms with E-state index in [9.17, 15) is 14.7 Å². The third kappa shape index (κ3) is 20.5. The second kappa shape index (κ2) is 12.5. The third-order valence-electron chi connectivity index (χ3n) is 1.23. The first kappa shape index (κ1) is 17.8. The molecule has 0 radical (unpaired) electrons. The minimum Gasteiger partial charge on any atom is -0.543 e. The average Bonchev–Trinajstić information content (AvgIpc) is 2.23. The van der Waals surface area contributed by atoms with Crippen LogP contribution in [-0.4, -0.2) is 57.6 Å². The number of carbonyl (C=O) groups excluding carboxylic acids is 1. The molecule has 1 N–H and O–H groups in total. The summed E-state index contributed by atoms with van der Waals surface area (Å²) in [4.78, 5) is 19.5. The van der Waals surface area contributed by atoms with Crippen LogP contribution >= 0.6 is 0 Å². The van der Waals surface area contributed by atoms with Crippen molar-refractivity contribution in [2.24, 2.45) is 0 Å². The molecule has 0 saturated heterocycles. The number of hydrogen-bond donors (Lipinski definition) is 1. The summed E-state index contributed by atoms with van der Waals surface area (Å²) in [7, 11) is 3.30. The van der Waals surface area contributed by atoms with Crippen molar-refractivity contribution in [2.75, 3.05) is 34.0 Å². The largest absolute Gasteiger partial charge is 0.543 e. The first-order chi connectivity index (χ1) is 7.93. The molecule has 0 rings (SSSR count). The molecule has 0 fully saturated rings. The van der Waals surface area contributed by atoms with Crippen molar-refractivity contribution in [3.8, 4) is 0 Å². The number of methoxy groups -OCH3 is 2. The van der Waals surface area contributed by atoms with E-state index in [1.165, 1.54) is 6.92 Å². The van der Waals surface area contributed by atoms with Crippen molar-refractivity contribution in [2.45, 2.75) is 13.0 Å². The lowest BCUT2D eigenvalue weighted by Gasteiger charge is -2.15. The highest BCUT2D eigenvalue weighted by molar-refractivity contribution is 5.57. The van der Waals surface area contributed by atoms with E-state index in [4.69, 9.17) is 5.11 Å². The molecule has 0 aliphatic heterocycles. The van der Waals surface area contributed by atoms with Crippen LogP contribution in [0.15, 0.2) is 0 Å². The molecule has 17 heavy (non-hydrogen) atoms. The molecule has 102 valence electrons. The predicted octanol–water partition coefficient (Wildman–Crippen LogP) is -0.291. The lowest BCUT2D eigenvalue weighted by Crippen LogP contribution is -2.30. The molecule has 0 aromatic rings. The van der Waals surface area contributed by atoms with Crippen LogP contribution in [0.2, 0.25) is 0 Å². The Hall–Kier alpha value is -1.54. The van der Waals surface area contributed by atoms with Crippen molar-refractivity contribution in [1.82, 2.24) is 0 Å². The second-order valence-electron chi connectivity index (χ2n) is 2.74. The number of carbonyl (C=O) groups is 2. The van der Waals surface area contributed by atoms with E-state index < -0.39 is 18.4 Å². The van der Waals surface area contributed by atoms with E-state index in [-0.39, 0.29) is 6.61 Å². The topological polar surface area (TPSA) is 114 Å². The van der Waals surface area contributed by atoms with Crippen molar-refractivity contribution in [3.63, 3.8) is 0 Å². The fourth-order valence-corrected chi connectivity index (χ4v) is 0.554. The van der Waals surface area contributed by atoms with Crippen LogP contribution in [0.5, 0.6) is 0 Å². The first-order valence-corrected chi connectivity index (χ1v) is 4.65. The standard InChI is InChI=1S/C5H8O6.C4H10O2/c1-3(11-5(8)9)2-10-4(6)7;1-5-3-4-6-2/h3H,2H2,1H3,(H,6,7)(H,8,9);3-4H2,1-2H3/p-1. The number of rotatable bonds is 6. The SMILES string of the molecule is CC(COC(=O)O)OC(=O)[O-].COCCOC. The number of ether oxygens (including phenoxy) is 4. The fraction of sp³-hybridized carbons (Fsp3) is 0.778. The van der Waals surface area contributed by atoms with Crippen LogP contribution < -0.4 is 5.11 Å². The van der Waals surface area contributed by atoms with E-state index in [1.807, 2.05) is 0 Å². The van der Waals surface area contributed by atoms with Gasteiger partial charge in [0.05, 0.1) is 19.3 Å². The van der Waals surface area contributed by atoms with Gasteiger partial charge in [0.15, 0.2) is 0 Å². The highest BCUT2D eigenvalue weighted by atomic mass is 16.7. The summed E-state index contributed by atoms with van der Waals surface area (Å²) in [6.07, 6.45) is -4.01. The van der Waals surface area contributed by atoms with Crippen LogP contribution in [0.4, 0.5) is 9.59 Å². The van der Waals surface area contributed by atoms with Gasteiger partial charge in [-0.25, -0.2) is 4.79 Å². The Morgan fingerprint density at radius 1 is 1.24 bits per heavy atom. The van der Waals surface area contributed by atoms with Gasteiger partial charge in [-0.1, -0.05) is 0 Å². The summed E-state index contributed by atoms with van der Waals surface area (Å²) >= 11 is 0. The number of hydrogen-bond acceptors (Lipinski definition) is 7. The number of carboxylic acid groups (broad SMARTS) is 2. The summed E-state index contributed by atoms with van der Waals surface area (Å²) in [5.41, 5.74) is 0. The zero-order valence-electron chi connectivity index (χ0n) is 10.0. The Morgan fingerprint density at radius 3 is 2.00 bits per heavy atom. The molecule has 1 atom stereocenters. The smallest absolute Gasteiger partial charge is 0.505 e. The Labute approximate surface area is 99.0 Å². The molecule has 1 unspecified atom stereocenters. The molecule has 0 spiro atoms. The molecule has 8 nitrogen and oxygen atoms in total. The van der Waals surface area contributed by atoms with Crippen molar-refractivity contribution in [1.29, 1.82) is 0 Å². The Kier molecular flexibility index (Phi) is 13.2. The van der Waals surface area contributed by atoms with Crippen LogP contribution in [0, 0.1) is 0 Å². The van der Waals surface area contributed by atoms with E-state index in [0.717, 1.165) is 0 Å². The maximum Gasteiger partial charge on any atom is 0.505 e. The first-order valence-electron chi connectivity index (χ1n) is 4.65. The van der Waals surface area contributed by atoms with Crippen LogP contribution in [-0.2, 0) is 18.9 Å². The molecule has 0 aromatic heterocycles. The van der Waals surface area contributed by atoms with Gasteiger partial charge < -0.3 is 34.0 Å². The normalized spacial score (nSPS) is 10.8. The molecule has 0 saturated carbocycles. The van der Waals surface area contributed by atoms with Gasteiger partial charge in [-0.05, 0) is 6.92 Å². The Morgan fingerprint density at radius 2 is 1.71 bits per heavy atom. The van der Waals surface area contributed by atoms with Gasteiger partial charge in [0.25, 0.3) is 6.16 Å². The van der Waals surface area contributed by atoms with E-state index in [1.54, 1.807) is 14.2 Å². The van der Waals surface area contributed by atoms with Crippen LogP contribution in [0.3, 0.4) is 0 Å². The van der Waals surface area contributed by atoms with Crippen LogP contribution in [0.1, 0.15) is 6.92 Å². The fourth-order valence-electron chi connectivity index (χ4n) is 0.554. The lowest BCUT2D eigenvalue weighted by molar-refractivity contribution is -0.287.